The topological polar surface area (TPSA) is 115 Å². The predicted molar refractivity (Wildman–Crippen MR) is 131 cm³/mol. The van der Waals surface area contributed by atoms with Crippen LogP contribution in [0.25, 0.3) is 0 Å². The third-order valence-corrected chi connectivity index (χ3v) is 4.76. The molecule has 3 aromatic carbocycles. The minimum atomic E-state index is -0.914. The molecule has 0 aliphatic carbocycles. The van der Waals surface area contributed by atoms with E-state index < -0.39 is 17.8 Å². The summed E-state index contributed by atoms with van der Waals surface area (Å²) in [6, 6.07) is 19.8. The highest BCUT2D eigenvalue weighted by Crippen LogP contribution is 2.17. The van der Waals surface area contributed by atoms with E-state index in [4.69, 9.17) is 14.2 Å². The lowest BCUT2D eigenvalue weighted by atomic mass is 10.1. The second-order valence-electron chi connectivity index (χ2n) is 7.19. The van der Waals surface area contributed by atoms with Crippen molar-refractivity contribution in [2.24, 2.45) is 5.10 Å². The molecule has 2 N–H and O–H groups in total. The fourth-order valence-corrected chi connectivity index (χ4v) is 2.90. The SMILES string of the molecule is CCOc1ccc(NC(=O)C(=O)NN=C(C)c2ccc(OC(=O)c3ccc(OC)cc3)cc2)cc1. The van der Waals surface area contributed by atoms with Crippen molar-refractivity contribution in [3.8, 4) is 17.2 Å². The number of carbonyl (C=O) groups is 3. The number of nitrogens with zero attached hydrogens (tertiary/aromatic N) is 1. The fraction of sp³-hybridized carbons (Fsp3) is 0.154. The van der Waals surface area contributed by atoms with Crippen LogP contribution >= 0.6 is 0 Å². The molecule has 180 valence electrons. The number of rotatable bonds is 8. The van der Waals surface area contributed by atoms with Crippen molar-refractivity contribution in [1.82, 2.24) is 5.43 Å². The quantitative estimate of drug-likeness (QED) is 0.168. The number of esters is 1. The minimum Gasteiger partial charge on any atom is -0.497 e. The molecule has 0 bridgehead atoms. The summed E-state index contributed by atoms with van der Waals surface area (Å²) in [4.78, 5) is 36.4. The first kappa shape index (κ1) is 25.0. The van der Waals surface area contributed by atoms with E-state index in [0.29, 0.717) is 46.4 Å². The van der Waals surface area contributed by atoms with Gasteiger partial charge < -0.3 is 19.5 Å². The molecule has 0 saturated carbocycles. The maximum Gasteiger partial charge on any atom is 0.343 e. The lowest BCUT2D eigenvalue weighted by molar-refractivity contribution is -0.136. The van der Waals surface area contributed by atoms with E-state index in [1.807, 2.05) is 6.92 Å². The van der Waals surface area contributed by atoms with Gasteiger partial charge in [-0.25, -0.2) is 10.2 Å². The second kappa shape index (κ2) is 12.0. The van der Waals surface area contributed by atoms with Crippen LogP contribution in [0.1, 0.15) is 29.8 Å². The summed E-state index contributed by atoms with van der Waals surface area (Å²) in [6.45, 7) is 4.07. The Balaban J connectivity index is 1.53. The molecule has 0 fully saturated rings. The van der Waals surface area contributed by atoms with E-state index in [1.54, 1.807) is 86.8 Å². The third-order valence-electron chi connectivity index (χ3n) is 4.76. The Labute approximate surface area is 202 Å². The molecule has 0 spiro atoms. The number of carbonyl (C=O) groups excluding carboxylic acids is 3. The number of anilines is 1. The number of hydrogen-bond acceptors (Lipinski definition) is 7. The maximum atomic E-state index is 12.3. The first-order valence-electron chi connectivity index (χ1n) is 10.7. The van der Waals surface area contributed by atoms with Gasteiger partial charge in [0, 0.05) is 5.69 Å². The molecule has 0 aliphatic heterocycles. The number of amides is 2. The second-order valence-corrected chi connectivity index (χ2v) is 7.19. The molecule has 0 unspecified atom stereocenters. The van der Waals surface area contributed by atoms with Crippen LogP contribution in [0, 0.1) is 0 Å². The van der Waals surface area contributed by atoms with Gasteiger partial charge >= 0.3 is 17.8 Å². The van der Waals surface area contributed by atoms with Crippen LogP contribution < -0.4 is 25.0 Å². The van der Waals surface area contributed by atoms with Gasteiger partial charge in [-0.3, -0.25) is 9.59 Å². The van der Waals surface area contributed by atoms with Gasteiger partial charge in [-0.1, -0.05) is 0 Å². The van der Waals surface area contributed by atoms with Gasteiger partial charge in [-0.2, -0.15) is 5.10 Å². The molecule has 3 rings (SSSR count). The Kier molecular flexibility index (Phi) is 8.55. The van der Waals surface area contributed by atoms with Crippen molar-refractivity contribution in [3.63, 3.8) is 0 Å². The lowest BCUT2D eigenvalue weighted by Crippen LogP contribution is -2.32. The van der Waals surface area contributed by atoms with Crippen LogP contribution in [0.3, 0.4) is 0 Å². The number of hydrogen-bond donors (Lipinski definition) is 2. The van der Waals surface area contributed by atoms with E-state index in [9.17, 15) is 14.4 Å². The summed E-state index contributed by atoms with van der Waals surface area (Å²) in [7, 11) is 1.55. The van der Waals surface area contributed by atoms with Crippen LogP contribution in [0.15, 0.2) is 77.9 Å². The smallest absolute Gasteiger partial charge is 0.343 e. The average Bonchev–Trinajstić information content (AvgIpc) is 2.88. The van der Waals surface area contributed by atoms with Crippen molar-refractivity contribution in [1.29, 1.82) is 0 Å². The number of ether oxygens (including phenoxy) is 3. The fourth-order valence-electron chi connectivity index (χ4n) is 2.90. The molecule has 0 radical (unpaired) electrons. The van der Waals surface area contributed by atoms with Crippen LogP contribution in [-0.2, 0) is 9.59 Å². The normalized spacial score (nSPS) is 10.8. The molecule has 35 heavy (non-hydrogen) atoms. The Morgan fingerprint density at radius 2 is 1.34 bits per heavy atom. The van der Waals surface area contributed by atoms with E-state index in [2.05, 4.69) is 15.8 Å². The molecule has 9 nitrogen and oxygen atoms in total. The molecule has 9 heteroatoms. The van der Waals surface area contributed by atoms with E-state index in [0.717, 1.165) is 0 Å². The lowest BCUT2D eigenvalue weighted by Gasteiger charge is -2.08. The van der Waals surface area contributed by atoms with Crippen molar-refractivity contribution >= 4 is 29.2 Å². The Hall–Kier alpha value is -4.66. The number of methoxy groups -OCH3 is 1. The zero-order valence-corrected chi connectivity index (χ0v) is 19.5. The first-order chi connectivity index (χ1) is 16.9. The standard InChI is InChI=1S/C26H25N3O6/c1-4-34-22-15-9-20(10-16-22)27-24(30)25(31)29-28-17(2)18-5-13-23(14-6-18)35-26(32)19-7-11-21(33-3)12-8-19/h5-16H,4H2,1-3H3,(H,27,30)(H,29,31). The van der Waals surface area contributed by atoms with Gasteiger partial charge in [0.05, 0.1) is 25.0 Å². The highest BCUT2D eigenvalue weighted by atomic mass is 16.5. The molecule has 0 aliphatic rings. The highest BCUT2D eigenvalue weighted by molar-refractivity contribution is 6.39. The highest BCUT2D eigenvalue weighted by Gasteiger charge is 2.14. The van der Waals surface area contributed by atoms with Gasteiger partial charge in [-0.05, 0) is 92.2 Å². The summed E-state index contributed by atoms with van der Waals surface area (Å²) in [5, 5.41) is 6.46. The van der Waals surface area contributed by atoms with Gasteiger partial charge in [0.15, 0.2) is 0 Å². The molecule has 0 atom stereocenters. The van der Waals surface area contributed by atoms with Gasteiger partial charge in [0.25, 0.3) is 0 Å². The Bertz CT molecular complexity index is 1200. The van der Waals surface area contributed by atoms with Crippen LogP contribution in [0.5, 0.6) is 17.2 Å². The number of benzene rings is 3. The summed E-state index contributed by atoms with van der Waals surface area (Å²) in [5.74, 6) is -0.620. The van der Waals surface area contributed by atoms with E-state index >= 15 is 0 Å². The van der Waals surface area contributed by atoms with E-state index in [-0.39, 0.29) is 0 Å². The average molecular weight is 476 g/mol. The van der Waals surface area contributed by atoms with Crippen LogP contribution in [0.4, 0.5) is 5.69 Å². The summed E-state index contributed by atoms with van der Waals surface area (Å²) < 4.78 is 15.8. The zero-order chi connectivity index (χ0) is 25.2. The van der Waals surface area contributed by atoms with Crippen LogP contribution in [-0.4, -0.2) is 37.2 Å². The van der Waals surface area contributed by atoms with Gasteiger partial charge in [-0.15, -0.1) is 0 Å². The zero-order valence-electron chi connectivity index (χ0n) is 19.5. The van der Waals surface area contributed by atoms with Crippen molar-refractivity contribution in [3.05, 3.63) is 83.9 Å². The molecule has 0 heterocycles. The van der Waals surface area contributed by atoms with Crippen LogP contribution in [0.2, 0.25) is 0 Å². The number of nitrogens with one attached hydrogen (secondary N) is 2. The molecule has 0 saturated heterocycles. The molecular weight excluding hydrogens is 450 g/mol. The van der Waals surface area contributed by atoms with Crippen molar-refractivity contribution in [2.45, 2.75) is 13.8 Å². The van der Waals surface area contributed by atoms with Crippen molar-refractivity contribution < 1.29 is 28.6 Å². The molecular formula is C26H25N3O6. The minimum absolute atomic E-state index is 0.348. The molecule has 3 aromatic rings. The first-order valence-corrected chi connectivity index (χ1v) is 10.7. The van der Waals surface area contributed by atoms with Gasteiger partial charge in [0.1, 0.15) is 17.2 Å². The summed E-state index contributed by atoms with van der Waals surface area (Å²) in [6.07, 6.45) is 0. The summed E-state index contributed by atoms with van der Waals surface area (Å²) in [5.41, 5.74) is 4.19. The maximum absolute atomic E-state index is 12.3. The molecule has 0 aromatic heterocycles. The Morgan fingerprint density at radius 1 is 0.771 bits per heavy atom. The molecule has 2 amide bonds. The largest absolute Gasteiger partial charge is 0.497 e. The van der Waals surface area contributed by atoms with Gasteiger partial charge in [0.2, 0.25) is 0 Å². The van der Waals surface area contributed by atoms with Crippen molar-refractivity contribution in [2.75, 3.05) is 19.0 Å². The predicted octanol–water partition coefficient (Wildman–Crippen LogP) is 3.79. The Morgan fingerprint density at radius 3 is 1.94 bits per heavy atom. The third kappa shape index (κ3) is 7.16. The number of hydrazone groups is 1. The van der Waals surface area contributed by atoms with E-state index in [1.165, 1.54) is 0 Å². The summed E-state index contributed by atoms with van der Waals surface area (Å²) >= 11 is 0. The monoisotopic (exact) mass is 475 g/mol.